The van der Waals surface area contributed by atoms with Crippen LogP contribution in [0.3, 0.4) is 0 Å². The second kappa shape index (κ2) is 13.7. The van der Waals surface area contributed by atoms with Crippen LogP contribution in [0.25, 0.3) is 0 Å². The van der Waals surface area contributed by atoms with Crippen molar-refractivity contribution in [2.75, 3.05) is 13.2 Å². The number of carbonyl (C=O) groups excluding carboxylic acids is 4. The maximum absolute atomic E-state index is 12.0. The second-order valence-electron chi connectivity index (χ2n) is 10.1. The number of unbranched alkanes of at least 4 members (excludes halogenated alkanes) is 1. The third-order valence-electron chi connectivity index (χ3n) is 6.49. The van der Waals surface area contributed by atoms with Crippen LogP contribution in [-0.2, 0) is 49.3 Å². The number of aryl methyl sites for hydroxylation is 1. The lowest BCUT2D eigenvalue weighted by Crippen LogP contribution is -2.68. The average Bonchev–Trinajstić information content (AvgIpc) is 3.68. The summed E-state index contributed by atoms with van der Waals surface area (Å²) in [7, 11) is 0. The molecule has 0 amide bonds. The first-order chi connectivity index (χ1) is 18.5. The van der Waals surface area contributed by atoms with Crippen molar-refractivity contribution < 1.29 is 52.7 Å². The summed E-state index contributed by atoms with van der Waals surface area (Å²) in [6, 6.07) is 7.85. The Morgan fingerprint density at radius 2 is 1.46 bits per heavy atom. The SMILES string of the molecule is CC(=O)OC[C@H]1O[C@](O)(CCCCc2ccc(OCC3CC3)cc2)[C@H](OC(C)=O)[C@@H](OC(C)=O)[C@@H]1OC(C)=O. The van der Waals surface area contributed by atoms with Gasteiger partial charge in [-0.05, 0) is 55.7 Å². The van der Waals surface area contributed by atoms with Gasteiger partial charge in [-0.25, -0.2) is 0 Å². The number of hydrogen-bond donors (Lipinski definition) is 1. The van der Waals surface area contributed by atoms with Gasteiger partial charge in [0.1, 0.15) is 18.5 Å². The minimum absolute atomic E-state index is 0.00530. The quantitative estimate of drug-likeness (QED) is 0.220. The van der Waals surface area contributed by atoms with Gasteiger partial charge >= 0.3 is 23.9 Å². The monoisotopic (exact) mass is 550 g/mol. The Balaban J connectivity index is 1.71. The van der Waals surface area contributed by atoms with Gasteiger partial charge in [0.25, 0.3) is 0 Å². The van der Waals surface area contributed by atoms with Crippen LogP contribution in [0.5, 0.6) is 5.75 Å². The van der Waals surface area contributed by atoms with Crippen molar-refractivity contribution in [3.05, 3.63) is 29.8 Å². The molecule has 0 aromatic heterocycles. The maximum Gasteiger partial charge on any atom is 0.303 e. The Morgan fingerprint density at radius 1 is 0.846 bits per heavy atom. The Kier molecular flexibility index (Phi) is 10.7. The van der Waals surface area contributed by atoms with Crippen LogP contribution in [0.1, 0.15) is 65.4 Å². The number of carbonyl (C=O) groups is 4. The lowest BCUT2D eigenvalue weighted by Gasteiger charge is -2.48. The van der Waals surface area contributed by atoms with Crippen molar-refractivity contribution in [3.63, 3.8) is 0 Å². The highest BCUT2D eigenvalue weighted by molar-refractivity contribution is 5.68. The Hall–Kier alpha value is -3.18. The van der Waals surface area contributed by atoms with E-state index in [1.54, 1.807) is 0 Å². The minimum atomic E-state index is -2.12. The van der Waals surface area contributed by atoms with Crippen molar-refractivity contribution in [1.82, 2.24) is 0 Å². The van der Waals surface area contributed by atoms with Crippen molar-refractivity contribution >= 4 is 23.9 Å². The zero-order chi connectivity index (χ0) is 28.6. The molecule has 2 fully saturated rings. The number of ether oxygens (including phenoxy) is 6. The molecule has 1 aromatic rings. The van der Waals surface area contributed by atoms with E-state index >= 15 is 0 Å². The molecule has 2 aliphatic rings. The summed E-state index contributed by atoms with van der Waals surface area (Å²) < 4.78 is 32.8. The van der Waals surface area contributed by atoms with Crippen LogP contribution in [0.2, 0.25) is 0 Å². The summed E-state index contributed by atoms with van der Waals surface area (Å²) in [5.41, 5.74) is 1.09. The molecule has 1 saturated heterocycles. The van der Waals surface area contributed by atoms with Gasteiger partial charge in [-0.1, -0.05) is 12.1 Å². The van der Waals surface area contributed by atoms with Gasteiger partial charge in [-0.3, -0.25) is 19.2 Å². The molecule has 0 unspecified atom stereocenters. The third-order valence-corrected chi connectivity index (χ3v) is 6.49. The van der Waals surface area contributed by atoms with Crippen LogP contribution < -0.4 is 4.74 Å². The summed E-state index contributed by atoms with van der Waals surface area (Å²) in [5, 5.41) is 11.6. The number of esters is 4. The van der Waals surface area contributed by atoms with Gasteiger partial charge in [-0.15, -0.1) is 0 Å². The summed E-state index contributed by atoms with van der Waals surface area (Å²) in [5.74, 6) is -3.49. The summed E-state index contributed by atoms with van der Waals surface area (Å²) in [6.07, 6.45) is -1.16. The van der Waals surface area contributed by atoms with Crippen molar-refractivity contribution in [3.8, 4) is 5.75 Å². The van der Waals surface area contributed by atoms with E-state index < -0.39 is 60.7 Å². The standard InChI is InChI=1S/C28H38O11/c1-17(29)34-16-24-25(36-18(2)30)26(37-19(3)31)27(38-20(4)32)28(33,39-24)14-6-5-7-21-10-12-23(13-11-21)35-15-22-8-9-22/h10-13,22,24-27,33H,5-9,14-16H2,1-4H3/t24-,25-,26+,27-,28-/m1/s1. The smallest absolute Gasteiger partial charge is 0.303 e. The fourth-order valence-electron chi connectivity index (χ4n) is 4.52. The summed E-state index contributed by atoms with van der Waals surface area (Å²) in [4.78, 5) is 47.2. The van der Waals surface area contributed by atoms with E-state index in [1.165, 1.54) is 19.8 Å². The Labute approximate surface area is 228 Å². The Morgan fingerprint density at radius 3 is 2.03 bits per heavy atom. The molecule has 1 heterocycles. The lowest BCUT2D eigenvalue weighted by molar-refractivity contribution is -0.354. The first kappa shape index (κ1) is 30.4. The third kappa shape index (κ3) is 9.50. The van der Waals surface area contributed by atoms with E-state index in [0.717, 1.165) is 38.7 Å². The highest BCUT2D eigenvalue weighted by atomic mass is 16.7. The molecule has 3 rings (SSSR count). The molecule has 1 saturated carbocycles. The summed E-state index contributed by atoms with van der Waals surface area (Å²) in [6.45, 7) is 4.94. The Bertz CT molecular complexity index is 1000. The van der Waals surface area contributed by atoms with E-state index in [4.69, 9.17) is 28.4 Å². The van der Waals surface area contributed by atoms with E-state index in [0.29, 0.717) is 25.2 Å². The van der Waals surface area contributed by atoms with E-state index in [2.05, 4.69) is 0 Å². The average molecular weight is 551 g/mol. The maximum atomic E-state index is 12.0. The van der Waals surface area contributed by atoms with E-state index in [-0.39, 0.29) is 6.42 Å². The van der Waals surface area contributed by atoms with Gasteiger partial charge in [0, 0.05) is 34.1 Å². The van der Waals surface area contributed by atoms with E-state index in [1.807, 2.05) is 24.3 Å². The van der Waals surface area contributed by atoms with E-state index in [9.17, 15) is 24.3 Å². The minimum Gasteiger partial charge on any atom is -0.493 e. The zero-order valence-electron chi connectivity index (χ0n) is 22.9. The van der Waals surface area contributed by atoms with Crippen molar-refractivity contribution in [1.29, 1.82) is 0 Å². The second-order valence-corrected chi connectivity index (χ2v) is 10.1. The fraction of sp³-hybridized carbons (Fsp3) is 0.643. The van der Waals surface area contributed by atoms with Crippen LogP contribution in [0.15, 0.2) is 24.3 Å². The van der Waals surface area contributed by atoms with Gasteiger partial charge in [0.2, 0.25) is 5.79 Å². The summed E-state index contributed by atoms with van der Waals surface area (Å²) >= 11 is 0. The first-order valence-corrected chi connectivity index (χ1v) is 13.2. The molecule has 1 aliphatic carbocycles. The largest absolute Gasteiger partial charge is 0.493 e. The molecule has 39 heavy (non-hydrogen) atoms. The van der Waals surface area contributed by atoms with Crippen LogP contribution in [-0.4, -0.2) is 72.4 Å². The van der Waals surface area contributed by atoms with Crippen LogP contribution >= 0.6 is 0 Å². The molecule has 5 atom stereocenters. The van der Waals surface area contributed by atoms with Crippen LogP contribution in [0, 0.1) is 5.92 Å². The molecule has 0 radical (unpaired) electrons. The van der Waals surface area contributed by atoms with Crippen molar-refractivity contribution in [2.24, 2.45) is 5.92 Å². The number of benzene rings is 1. The number of rotatable bonds is 13. The predicted molar refractivity (Wildman–Crippen MR) is 135 cm³/mol. The molecule has 1 aliphatic heterocycles. The zero-order valence-corrected chi connectivity index (χ0v) is 22.9. The highest BCUT2D eigenvalue weighted by Crippen LogP contribution is 2.37. The van der Waals surface area contributed by atoms with Gasteiger partial charge in [0.15, 0.2) is 18.3 Å². The molecular weight excluding hydrogens is 512 g/mol. The fourth-order valence-corrected chi connectivity index (χ4v) is 4.52. The van der Waals surface area contributed by atoms with Crippen molar-refractivity contribution in [2.45, 2.75) is 96.4 Å². The molecular formula is C28H38O11. The van der Waals surface area contributed by atoms with Gasteiger partial charge in [-0.2, -0.15) is 0 Å². The molecule has 1 aromatic carbocycles. The number of hydrogen-bond acceptors (Lipinski definition) is 11. The topological polar surface area (TPSA) is 144 Å². The van der Waals surface area contributed by atoms with Gasteiger partial charge < -0.3 is 33.5 Å². The molecule has 0 spiro atoms. The first-order valence-electron chi connectivity index (χ1n) is 13.2. The molecule has 1 N–H and O–H groups in total. The molecule has 216 valence electrons. The van der Waals surface area contributed by atoms with Crippen LogP contribution in [0.4, 0.5) is 0 Å². The normalized spacial score (nSPS) is 26.3. The molecule has 11 heteroatoms. The number of aliphatic hydroxyl groups is 1. The predicted octanol–water partition coefficient (Wildman–Crippen LogP) is 2.63. The lowest BCUT2D eigenvalue weighted by atomic mass is 9.88. The molecule has 0 bridgehead atoms. The highest BCUT2D eigenvalue weighted by Gasteiger charge is 2.59. The van der Waals surface area contributed by atoms with Gasteiger partial charge in [0.05, 0.1) is 6.61 Å². The molecule has 11 nitrogen and oxygen atoms in total.